The van der Waals surface area contributed by atoms with E-state index in [1.165, 1.54) is 24.3 Å². The van der Waals surface area contributed by atoms with Gasteiger partial charge < -0.3 is 5.32 Å². The number of carbonyl (C=O) groups is 1. The number of halogens is 2. The molecule has 3 aromatic carbocycles. The van der Waals surface area contributed by atoms with E-state index in [-0.39, 0.29) is 21.6 Å². The second kappa shape index (κ2) is 9.73. The lowest BCUT2D eigenvalue weighted by atomic mass is 10.1. The molecule has 0 aliphatic carbocycles. The van der Waals surface area contributed by atoms with Crippen molar-refractivity contribution >= 4 is 44.8 Å². The molecule has 0 heterocycles. The molecule has 3 rings (SSSR count). The largest absolute Gasteiger partial charge is 0.348 e. The fourth-order valence-electron chi connectivity index (χ4n) is 3.06. The first-order valence-electron chi connectivity index (χ1n) is 9.57. The third-order valence-electron chi connectivity index (χ3n) is 4.75. The van der Waals surface area contributed by atoms with Gasteiger partial charge in [0, 0.05) is 5.02 Å². The molecule has 162 valence electrons. The van der Waals surface area contributed by atoms with Crippen molar-refractivity contribution in [2.45, 2.75) is 24.8 Å². The van der Waals surface area contributed by atoms with E-state index in [0.29, 0.717) is 5.02 Å². The van der Waals surface area contributed by atoms with Crippen molar-refractivity contribution in [3.63, 3.8) is 0 Å². The molecular formula is C23H22Cl2N2O3S. The molecule has 1 amide bonds. The van der Waals surface area contributed by atoms with Crippen LogP contribution in [-0.2, 0) is 14.8 Å². The Balaban J connectivity index is 1.95. The highest BCUT2D eigenvalue weighted by Crippen LogP contribution is 2.33. The van der Waals surface area contributed by atoms with E-state index in [1.54, 1.807) is 18.2 Å². The fourth-order valence-corrected chi connectivity index (χ4v) is 4.92. The summed E-state index contributed by atoms with van der Waals surface area (Å²) in [5, 5.41) is 3.32. The zero-order valence-corrected chi connectivity index (χ0v) is 19.4. The SMILES string of the molecule is Cc1ccc(S(=O)(=O)N(CC(=O)NC(C)c2ccccc2)c2cc(Cl)ccc2Cl)cc1. The third kappa shape index (κ3) is 5.58. The molecule has 5 nitrogen and oxygen atoms in total. The molecule has 0 aliphatic heterocycles. The quantitative estimate of drug-likeness (QED) is 0.497. The molecule has 0 fully saturated rings. The van der Waals surface area contributed by atoms with Crippen molar-refractivity contribution in [1.29, 1.82) is 0 Å². The van der Waals surface area contributed by atoms with Gasteiger partial charge in [-0.25, -0.2) is 8.42 Å². The number of carbonyl (C=O) groups excluding carboxylic acids is 1. The van der Waals surface area contributed by atoms with E-state index in [4.69, 9.17) is 23.2 Å². The minimum absolute atomic E-state index is 0.0538. The van der Waals surface area contributed by atoms with Gasteiger partial charge >= 0.3 is 0 Å². The van der Waals surface area contributed by atoms with Gasteiger partial charge in [0.25, 0.3) is 10.0 Å². The van der Waals surface area contributed by atoms with Crippen LogP contribution in [0.5, 0.6) is 0 Å². The predicted molar refractivity (Wildman–Crippen MR) is 125 cm³/mol. The lowest BCUT2D eigenvalue weighted by Crippen LogP contribution is -2.41. The summed E-state index contributed by atoms with van der Waals surface area (Å²) in [6, 6.07) is 20.0. The summed E-state index contributed by atoms with van der Waals surface area (Å²) in [7, 11) is -4.08. The number of benzene rings is 3. The Labute approximate surface area is 192 Å². The van der Waals surface area contributed by atoms with Gasteiger partial charge in [-0.3, -0.25) is 9.10 Å². The van der Waals surface area contributed by atoms with Crippen LogP contribution in [0.4, 0.5) is 5.69 Å². The topological polar surface area (TPSA) is 66.5 Å². The van der Waals surface area contributed by atoms with Crippen molar-refractivity contribution < 1.29 is 13.2 Å². The van der Waals surface area contributed by atoms with Crippen LogP contribution < -0.4 is 9.62 Å². The number of rotatable bonds is 7. The van der Waals surface area contributed by atoms with Crippen LogP contribution in [0, 0.1) is 6.92 Å². The Hall–Kier alpha value is -2.54. The Morgan fingerprint density at radius 3 is 2.29 bits per heavy atom. The van der Waals surface area contributed by atoms with Crippen molar-refractivity contribution in [1.82, 2.24) is 5.32 Å². The van der Waals surface area contributed by atoms with Crippen molar-refractivity contribution in [3.05, 3.63) is 94.0 Å². The number of hydrogen-bond donors (Lipinski definition) is 1. The lowest BCUT2D eigenvalue weighted by molar-refractivity contribution is -0.120. The molecule has 0 bridgehead atoms. The molecule has 3 aromatic rings. The number of anilines is 1. The summed E-state index contributed by atoms with van der Waals surface area (Å²) in [6.45, 7) is 3.24. The first kappa shape index (κ1) is 23.1. The molecule has 1 unspecified atom stereocenters. The Morgan fingerprint density at radius 2 is 1.65 bits per heavy atom. The number of nitrogens with one attached hydrogen (secondary N) is 1. The van der Waals surface area contributed by atoms with E-state index in [0.717, 1.165) is 15.4 Å². The first-order valence-corrected chi connectivity index (χ1v) is 11.8. The highest BCUT2D eigenvalue weighted by Gasteiger charge is 2.29. The Kier molecular flexibility index (Phi) is 7.26. The predicted octanol–water partition coefficient (Wildman–Crippen LogP) is 5.37. The Morgan fingerprint density at radius 1 is 1.00 bits per heavy atom. The van der Waals surface area contributed by atoms with Gasteiger partial charge in [0.15, 0.2) is 0 Å². The van der Waals surface area contributed by atoms with Crippen LogP contribution in [0.25, 0.3) is 0 Å². The summed E-state index contributed by atoms with van der Waals surface area (Å²) in [5.41, 5.74) is 1.96. The second-order valence-electron chi connectivity index (χ2n) is 7.12. The zero-order chi connectivity index (χ0) is 22.6. The van der Waals surface area contributed by atoms with E-state index < -0.39 is 22.5 Å². The second-order valence-corrected chi connectivity index (χ2v) is 9.83. The van der Waals surface area contributed by atoms with E-state index >= 15 is 0 Å². The maximum Gasteiger partial charge on any atom is 0.264 e. The van der Waals surface area contributed by atoms with Crippen LogP contribution in [0.1, 0.15) is 24.1 Å². The summed E-state index contributed by atoms with van der Waals surface area (Å²) in [6.07, 6.45) is 0. The summed E-state index contributed by atoms with van der Waals surface area (Å²) in [5.74, 6) is -0.469. The van der Waals surface area contributed by atoms with Gasteiger partial charge in [-0.2, -0.15) is 0 Å². The number of aryl methyl sites for hydroxylation is 1. The minimum atomic E-state index is -4.08. The minimum Gasteiger partial charge on any atom is -0.348 e. The van der Waals surface area contributed by atoms with Crippen LogP contribution in [-0.4, -0.2) is 20.9 Å². The number of sulfonamides is 1. The van der Waals surface area contributed by atoms with Gasteiger partial charge in [0.1, 0.15) is 6.54 Å². The molecule has 31 heavy (non-hydrogen) atoms. The van der Waals surface area contributed by atoms with Crippen LogP contribution in [0.2, 0.25) is 10.0 Å². The molecule has 0 saturated heterocycles. The van der Waals surface area contributed by atoms with E-state index in [1.807, 2.05) is 44.2 Å². The summed E-state index contributed by atoms with van der Waals surface area (Å²) >= 11 is 12.4. The number of amides is 1. The molecule has 0 aromatic heterocycles. The lowest BCUT2D eigenvalue weighted by Gasteiger charge is -2.26. The molecule has 8 heteroatoms. The van der Waals surface area contributed by atoms with Crippen molar-refractivity contribution in [2.75, 3.05) is 10.8 Å². The monoisotopic (exact) mass is 476 g/mol. The van der Waals surface area contributed by atoms with Gasteiger partial charge in [0.05, 0.1) is 21.6 Å². The molecule has 0 spiro atoms. The number of hydrogen-bond acceptors (Lipinski definition) is 3. The molecule has 0 radical (unpaired) electrons. The maximum absolute atomic E-state index is 13.4. The third-order valence-corrected chi connectivity index (χ3v) is 7.08. The van der Waals surface area contributed by atoms with E-state index in [9.17, 15) is 13.2 Å². The fraction of sp³-hybridized carbons (Fsp3) is 0.174. The summed E-state index contributed by atoms with van der Waals surface area (Å²) < 4.78 is 27.9. The molecule has 1 atom stereocenters. The molecular weight excluding hydrogens is 455 g/mol. The molecule has 1 N–H and O–H groups in total. The smallest absolute Gasteiger partial charge is 0.264 e. The van der Waals surface area contributed by atoms with Crippen LogP contribution >= 0.6 is 23.2 Å². The highest BCUT2D eigenvalue weighted by molar-refractivity contribution is 7.92. The van der Waals surface area contributed by atoms with Gasteiger partial charge in [-0.05, 0) is 49.7 Å². The van der Waals surface area contributed by atoms with E-state index in [2.05, 4.69) is 5.32 Å². The van der Waals surface area contributed by atoms with Crippen molar-refractivity contribution in [2.24, 2.45) is 0 Å². The average Bonchev–Trinajstić information content (AvgIpc) is 2.74. The summed E-state index contributed by atoms with van der Waals surface area (Å²) in [4.78, 5) is 12.9. The van der Waals surface area contributed by atoms with Crippen LogP contribution in [0.3, 0.4) is 0 Å². The maximum atomic E-state index is 13.4. The standard InChI is InChI=1S/C23H22Cl2N2O3S/c1-16-8-11-20(12-9-16)31(29,30)27(22-14-19(24)10-13-21(22)25)15-23(28)26-17(2)18-6-4-3-5-7-18/h3-14,17H,15H2,1-2H3,(H,26,28). The Bertz CT molecular complexity index is 1170. The van der Waals surface area contributed by atoms with Gasteiger partial charge in [-0.15, -0.1) is 0 Å². The van der Waals surface area contributed by atoms with Gasteiger partial charge in [-0.1, -0.05) is 71.2 Å². The van der Waals surface area contributed by atoms with Crippen LogP contribution in [0.15, 0.2) is 77.7 Å². The highest BCUT2D eigenvalue weighted by atomic mass is 35.5. The van der Waals surface area contributed by atoms with Crippen molar-refractivity contribution in [3.8, 4) is 0 Å². The molecule has 0 aliphatic rings. The average molecular weight is 477 g/mol. The normalized spacial score (nSPS) is 12.3. The number of nitrogens with zero attached hydrogens (tertiary/aromatic N) is 1. The zero-order valence-electron chi connectivity index (χ0n) is 17.0. The first-order chi connectivity index (χ1) is 14.7. The van der Waals surface area contributed by atoms with Gasteiger partial charge in [0.2, 0.25) is 5.91 Å². The molecule has 0 saturated carbocycles.